The number of carbonyl (C=O) groups excluding carboxylic acids is 1. The van der Waals surface area contributed by atoms with Crippen LogP contribution in [0.3, 0.4) is 0 Å². The first-order valence-electron chi connectivity index (χ1n) is 6.21. The van der Waals surface area contributed by atoms with Gasteiger partial charge in [0, 0.05) is 30.7 Å². The highest BCUT2D eigenvalue weighted by molar-refractivity contribution is 7.98. The fraction of sp³-hybridized carbons (Fsp3) is 0.333. The van der Waals surface area contributed by atoms with E-state index in [0.717, 1.165) is 5.69 Å². The number of nitrogens with zero attached hydrogens (tertiary/aromatic N) is 3. The van der Waals surface area contributed by atoms with Gasteiger partial charge in [-0.1, -0.05) is 11.8 Å². The molecule has 0 fully saturated rings. The number of carbonyl (C=O) groups is 1. The van der Waals surface area contributed by atoms with Gasteiger partial charge in [0.1, 0.15) is 5.82 Å². The number of nitrogens with two attached hydrogens (primary N) is 1. The van der Waals surface area contributed by atoms with E-state index in [0.29, 0.717) is 22.6 Å². The summed E-state index contributed by atoms with van der Waals surface area (Å²) in [6, 6.07) is 1.23. The van der Waals surface area contributed by atoms with Gasteiger partial charge < -0.3 is 10.7 Å². The van der Waals surface area contributed by atoms with Crippen LogP contribution in [0.1, 0.15) is 19.5 Å². The van der Waals surface area contributed by atoms with Crippen LogP contribution in [0, 0.1) is 0 Å². The van der Waals surface area contributed by atoms with Crippen LogP contribution in [-0.2, 0) is 10.5 Å². The van der Waals surface area contributed by atoms with Crippen molar-refractivity contribution in [3.8, 4) is 0 Å². The minimum atomic E-state index is -0.280. The average molecular weight is 325 g/mol. The Balaban J connectivity index is 2.06. The second-order valence-electron chi connectivity index (χ2n) is 4.15. The topological polar surface area (TPSA) is 105 Å². The van der Waals surface area contributed by atoms with E-state index in [1.165, 1.54) is 36.1 Å². The van der Waals surface area contributed by atoms with Crippen molar-refractivity contribution in [2.24, 2.45) is 0 Å². The van der Waals surface area contributed by atoms with Crippen LogP contribution in [0.4, 0.5) is 10.9 Å². The number of aromatic amines is 1. The first-order chi connectivity index (χ1) is 9.99. The lowest BCUT2D eigenvalue weighted by molar-refractivity contribution is -0.116. The average Bonchev–Trinajstić information content (AvgIpc) is 2.84. The summed E-state index contributed by atoms with van der Waals surface area (Å²) in [5.41, 5.74) is 6.07. The van der Waals surface area contributed by atoms with E-state index in [-0.39, 0.29) is 17.3 Å². The Kier molecular flexibility index (Phi) is 4.97. The van der Waals surface area contributed by atoms with Crippen molar-refractivity contribution < 1.29 is 4.79 Å². The molecule has 21 heavy (non-hydrogen) atoms. The Morgan fingerprint density at radius 3 is 2.90 bits per heavy atom. The molecule has 2 heterocycles. The van der Waals surface area contributed by atoms with Crippen molar-refractivity contribution in [1.82, 2.24) is 15.0 Å². The van der Waals surface area contributed by atoms with Gasteiger partial charge in [-0.2, -0.15) is 0 Å². The number of hydrogen-bond donors (Lipinski definition) is 2. The molecule has 7 nitrogen and oxygen atoms in total. The number of thiazole rings is 1. The van der Waals surface area contributed by atoms with E-state index < -0.39 is 0 Å². The quantitative estimate of drug-likeness (QED) is 0.637. The Labute approximate surface area is 129 Å². The van der Waals surface area contributed by atoms with E-state index in [2.05, 4.69) is 15.0 Å². The molecule has 2 aromatic rings. The van der Waals surface area contributed by atoms with E-state index in [4.69, 9.17) is 5.73 Å². The summed E-state index contributed by atoms with van der Waals surface area (Å²) >= 11 is 2.75. The minimum Gasteiger partial charge on any atom is -0.383 e. The molecule has 1 amide bonds. The molecule has 0 bridgehead atoms. The van der Waals surface area contributed by atoms with Gasteiger partial charge in [-0.3, -0.25) is 14.5 Å². The number of amides is 1. The highest BCUT2D eigenvalue weighted by Crippen LogP contribution is 2.25. The first kappa shape index (κ1) is 15.5. The van der Waals surface area contributed by atoms with E-state index in [1.54, 1.807) is 4.90 Å². The van der Waals surface area contributed by atoms with Crippen molar-refractivity contribution in [3.63, 3.8) is 0 Å². The van der Waals surface area contributed by atoms with Gasteiger partial charge in [-0.15, -0.1) is 11.3 Å². The molecule has 0 atom stereocenters. The second-order valence-corrected chi connectivity index (χ2v) is 5.95. The van der Waals surface area contributed by atoms with Crippen molar-refractivity contribution in [2.75, 3.05) is 17.2 Å². The number of nitrogens with one attached hydrogen (secondary N) is 1. The summed E-state index contributed by atoms with van der Waals surface area (Å²) in [7, 11) is 0. The summed E-state index contributed by atoms with van der Waals surface area (Å²) in [5, 5.41) is 3.02. The maximum absolute atomic E-state index is 11.5. The summed E-state index contributed by atoms with van der Waals surface area (Å²) in [6.45, 7) is 4.00. The van der Waals surface area contributed by atoms with Crippen molar-refractivity contribution in [2.45, 2.75) is 24.8 Å². The minimum absolute atomic E-state index is 0.0344. The molecular weight excluding hydrogens is 310 g/mol. The predicted molar refractivity (Wildman–Crippen MR) is 84.6 cm³/mol. The molecular formula is C12H15N5O2S2. The Morgan fingerprint density at radius 1 is 1.52 bits per heavy atom. The zero-order chi connectivity index (χ0) is 15.4. The van der Waals surface area contributed by atoms with Crippen LogP contribution in [0.2, 0.25) is 0 Å². The summed E-state index contributed by atoms with van der Waals surface area (Å²) in [4.78, 5) is 35.4. The van der Waals surface area contributed by atoms with Crippen molar-refractivity contribution >= 4 is 40.0 Å². The van der Waals surface area contributed by atoms with Crippen LogP contribution in [0.5, 0.6) is 0 Å². The molecule has 9 heteroatoms. The zero-order valence-corrected chi connectivity index (χ0v) is 13.3. The maximum atomic E-state index is 11.5. The lowest BCUT2D eigenvalue weighted by Crippen LogP contribution is -2.27. The van der Waals surface area contributed by atoms with Gasteiger partial charge in [0.05, 0.1) is 5.69 Å². The zero-order valence-electron chi connectivity index (χ0n) is 11.6. The Hall–Kier alpha value is -1.87. The van der Waals surface area contributed by atoms with Gasteiger partial charge in [0.25, 0.3) is 5.56 Å². The fourth-order valence-corrected chi connectivity index (χ4v) is 3.46. The lowest BCUT2D eigenvalue weighted by Gasteiger charge is -2.14. The fourth-order valence-electron chi connectivity index (χ4n) is 1.64. The molecule has 2 rings (SSSR count). The van der Waals surface area contributed by atoms with E-state index in [1.807, 2.05) is 12.3 Å². The molecule has 0 aliphatic carbocycles. The second kappa shape index (κ2) is 6.72. The standard InChI is InChI=1S/C12H15N5O2S2/c1-3-17(7(2)18)12-14-8(6-21-12)5-20-11-15-9(13)4-10(19)16-11/h4,6H,3,5H2,1-2H3,(H3,13,15,16,19). The third-order valence-corrected chi connectivity index (χ3v) is 4.38. The molecule has 0 spiro atoms. The molecule has 3 N–H and O–H groups in total. The third kappa shape index (κ3) is 4.05. The molecule has 0 aliphatic rings. The summed E-state index contributed by atoms with van der Waals surface area (Å²) in [6.07, 6.45) is 0. The maximum Gasteiger partial charge on any atom is 0.253 e. The molecule has 0 unspecified atom stereocenters. The number of hydrogen-bond acceptors (Lipinski definition) is 7. The van der Waals surface area contributed by atoms with Crippen LogP contribution < -0.4 is 16.2 Å². The highest BCUT2D eigenvalue weighted by Gasteiger charge is 2.13. The van der Waals surface area contributed by atoms with Crippen LogP contribution in [0.15, 0.2) is 21.4 Å². The highest BCUT2D eigenvalue weighted by atomic mass is 32.2. The molecule has 0 radical (unpaired) electrons. The van der Waals surface area contributed by atoms with Crippen LogP contribution in [0.25, 0.3) is 0 Å². The van der Waals surface area contributed by atoms with Crippen molar-refractivity contribution in [1.29, 1.82) is 0 Å². The number of rotatable bonds is 5. The van der Waals surface area contributed by atoms with E-state index in [9.17, 15) is 9.59 Å². The largest absolute Gasteiger partial charge is 0.383 e. The van der Waals surface area contributed by atoms with Gasteiger partial charge in [0.15, 0.2) is 10.3 Å². The molecule has 0 saturated carbocycles. The van der Waals surface area contributed by atoms with E-state index >= 15 is 0 Å². The predicted octanol–water partition coefficient (Wildman–Crippen LogP) is 1.47. The molecule has 0 saturated heterocycles. The normalized spacial score (nSPS) is 10.6. The smallest absolute Gasteiger partial charge is 0.253 e. The van der Waals surface area contributed by atoms with Crippen LogP contribution >= 0.6 is 23.1 Å². The molecule has 0 aliphatic heterocycles. The van der Waals surface area contributed by atoms with Gasteiger partial charge in [0.2, 0.25) is 5.91 Å². The summed E-state index contributed by atoms with van der Waals surface area (Å²) < 4.78 is 0. The SMILES string of the molecule is CCN(C(C)=O)c1nc(CSc2nc(N)cc(=O)[nH]2)cs1. The Morgan fingerprint density at radius 2 is 2.29 bits per heavy atom. The molecule has 0 aromatic carbocycles. The summed E-state index contributed by atoms with van der Waals surface area (Å²) in [5.74, 6) is 0.695. The Bertz CT molecular complexity index is 697. The van der Waals surface area contributed by atoms with Gasteiger partial charge in [-0.25, -0.2) is 9.97 Å². The van der Waals surface area contributed by atoms with Gasteiger partial charge in [-0.05, 0) is 6.92 Å². The number of anilines is 2. The number of aromatic nitrogens is 3. The third-order valence-electron chi connectivity index (χ3n) is 2.56. The monoisotopic (exact) mass is 325 g/mol. The first-order valence-corrected chi connectivity index (χ1v) is 8.08. The van der Waals surface area contributed by atoms with Crippen LogP contribution in [-0.4, -0.2) is 27.4 Å². The lowest BCUT2D eigenvalue weighted by atomic mass is 10.5. The van der Waals surface area contributed by atoms with Crippen molar-refractivity contribution in [3.05, 3.63) is 27.5 Å². The molecule has 2 aromatic heterocycles. The van der Waals surface area contributed by atoms with Gasteiger partial charge >= 0.3 is 0 Å². The molecule has 112 valence electrons. The number of nitrogen functional groups attached to an aromatic ring is 1. The number of H-pyrrole nitrogens is 1. The number of thioether (sulfide) groups is 1.